The highest BCUT2D eigenvalue weighted by atomic mass is 16.1. The van der Waals surface area contributed by atoms with E-state index in [-0.39, 0.29) is 5.56 Å². The van der Waals surface area contributed by atoms with Crippen LogP contribution in [0.2, 0.25) is 0 Å². The molecule has 3 aromatic rings. The number of nitriles is 1. The average molecular weight is 357 g/mol. The van der Waals surface area contributed by atoms with Crippen LogP contribution >= 0.6 is 0 Å². The Kier molecular flexibility index (Phi) is 4.69. The van der Waals surface area contributed by atoms with E-state index in [1.165, 1.54) is 5.56 Å². The van der Waals surface area contributed by atoms with Crippen LogP contribution in [0, 0.1) is 11.3 Å². The molecule has 4 rings (SSSR count). The van der Waals surface area contributed by atoms with Crippen molar-refractivity contribution in [1.29, 1.82) is 5.26 Å². The van der Waals surface area contributed by atoms with Gasteiger partial charge in [0, 0.05) is 31.7 Å². The van der Waals surface area contributed by atoms with Crippen LogP contribution in [0.25, 0.3) is 0 Å². The first-order valence-electron chi connectivity index (χ1n) is 8.87. The maximum Gasteiger partial charge on any atom is 0.257 e. The molecule has 0 amide bonds. The molecule has 0 unspecified atom stereocenters. The van der Waals surface area contributed by atoms with Gasteiger partial charge in [0.05, 0.1) is 22.9 Å². The third-order valence-corrected chi connectivity index (χ3v) is 4.67. The number of fused-ring (bicyclic) bond motifs is 1. The van der Waals surface area contributed by atoms with E-state index in [9.17, 15) is 4.79 Å². The van der Waals surface area contributed by atoms with E-state index in [1.54, 1.807) is 24.3 Å². The van der Waals surface area contributed by atoms with Gasteiger partial charge in [-0.05, 0) is 29.8 Å². The highest BCUT2D eigenvalue weighted by molar-refractivity contribution is 5.55. The minimum absolute atomic E-state index is 0.103. The molecule has 0 saturated carbocycles. The molecule has 2 heterocycles. The molecule has 2 aromatic carbocycles. The van der Waals surface area contributed by atoms with Crippen LogP contribution in [-0.4, -0.2) is 21.4 Å². The molecule has 0 spiro atoms. The summed E-state index contributed by atoms with van der Waals surface area (Å²) in [5.74, 6) is 0.431. The summed E-state index contributed by atoms with van der Waals surface area (Å²) in [4.78, 5) is 22.3. The van der Waals surface area contributed by atoms with Crippen LogP contribution in [0.3, 0.4) is 0 Å². The molecule has 1 aromatic heterocycles. The lowest BCUT2D eigenvalue weighted by molar-refractivity contribution is 0.242. The highest BCUT2D eigenvalue weighted by Crippen LogP contribution is 2.19. The highest BCUT2D eigenvalue weighted by Gasteiger charge is 2.21. The van der Waals surface area contributed by atoms with Crippen LogP contribution in [0.15, 0.2) is 59.4 Å². The Labute approximate surface area is 157 Å². The molecule has 0 bridgehead atoms. The minimum atomic E-state index is -0.103. The van der Waals surface area contributed by atoms with Gasteiger partial charge in [0.25, 0.3) is 5.56 Å². The second kappa shape index (κ2) is 7.44. The molecule has 2 N–H and O–H groups in total. The maximum absolute atomic E-state index is 12.6. The number of nitrogens with one attached hydrogen (secondary N) is 2. The van der Waals surface area contributed by atoms with Crippen LogP contribution in [-0.2, 0) is 19.5 Å². The molecule has 27 heavy (non-hydrogen) atoms. The lowest BCUT2D eigenvalue weighted by Crippen LogP contribution is -2.35. The van der Waals surface area contributed by atoms with Crippen molar-refractivity contribution in [3.05, 3.63) is 87.3 Å². The Balaban J connectivity index is 1.50. The summed E-state index contributed by atoms with van der Waals surface area (Å²) < 4.78 is 0. The molecule has 0 aliphatic carbocycles. The molecule has 6 nitrogen and oxygen atoms in total. The topological polar surface area (TPSA) is 84.8 Å². The first kappa shape index (κ1) is 17.0. The van der Waals surface area contributed by atoms with Crippen molar-refractivity contribution in [1.82, 2.24) is 14.9 Å². The van der Waals surface area contributed by atoms with Crippen LogP contribution in [0.5, 0.6) is 0 Å². The van der Waals surface area contributed by atoms with Crippen molar-refractivity contribution in [2.24, 2.45) is 0 Å². The zero-order chi connectivity index (χ0) is 18.6. The maximum atomic E-state index is 12.6. The molecule has 0 radical (unpaired) electrons. The van der Waals surface area contributed by atoms with Gasteiger partial charge >= 0.3 is 0 Å². The average Bonchev–Trinajstić information content (AvgIpc) is 2.70. The molecule has 0 atom stereocenters. The van der Waals surface area contributed by atoms with Gasteiger partial charge in [-0.15, -0.1) is 0 Å². The summed E-state index contributed by atoms with van der Waals surface area (Å²) in [6, 6.07) is 19.4. The third kappa shape index (κ3) is 3.89. The van der Waals surface area contributed by atoms with Crippen LogP contribution < -0.4 is 10.9 Å². The molecule has 1 aliphatic rings. The number of benzene rings is 2. The lowest BCUT2D eigenvalue weighted by Gasteiger charge is -2.27. The Morgan fingerprint density at radius 2 is 1.93 bits per heavy atom. The number of aromatic nitrogens is 2. The fraction of sp³-hybridized carbons (Fsp3) is 0.190. The van der Waals surface area contributed by atoms with Crippen molar-refractivity contribution < 1.29 is 0 Å². The van der Waals surface area contributed by atoms with E-state index in [0.717, 1.165) is 36.5 Å². The third-order valence-electron chi connectivity index (χ3n) is 4.67. The summed E-state index contributed by atoms with van der Waals surface area (Å²) in [5, 5.41) is 12.0. The smallest absolute Gasteiger partial charge is 0.257 e. The fourth-order valence-corrected chi connectivity index (χ4v) is 3.28. The molecule has 134 valence electrons. The molecule has 1 aliphatic heterocycles. The fourth-order valence-electron chi connectivity index (χ4n) is 3.28. The number of hydrogen-bond acceptors (Lipinski definition) is 5. The van der Waals surface area contributed by atoms with Gasteiger partial charge in [-0.3, -0.25) is 14.7 Å². The monoisotopic (exact) mass is 357 g/mol. The molecule has 0 saturated heterocycles. The Morgan fingerprint density at radius 1 is 1.15 bits per heavy atom. The van der Waals surface area contributed by atoms with Gasteiger partial charge in [0.2, 0.25) is 5.95 Å². The van der Waals surface area contributed by atoms with Crippen LogP contribution in [0.1, 0.15) is 22.4 Å². The predicted molar refractivity (Wildman–Crippen MR) is 104 cm³/mol. The molecule has 6 heteroatoms. The summed E-state index contributed by atoms with van der Waals surface area (Å²) in [7, 11) is 0. The summed E-state index contributed by atoms with van der Waals surface area (Å²) >= 11 is 0. The first-order valence-corrected chi connectivity index (χ1v) is 8.87. The Morgan fingerprint density at radius 3 is 2.67 bits per heavy atom. The summed E-state index contributed by atoms with van der Waals surface area (Å²) in [5.41, 5.74) is 4.09. The summed E-state index contributed by atoms with van der Waals surface area (Å²) in [6.07, 6.45) is 0.744. The van der Waals surface area contributed by atoms with Crippen molar-refractivity contribution in [2.45, 2.75) is 19.5 Å². The van der Waals surface area contributed by atoms with Gasteiger partial charge in [0.15, 0.2) is 0 Å². The molecular weight excluding hydrogens is 338 g/mol. The van der Waals surface area contributed by atoms with Crippen molar-refractivity contribution >= 4 is 11.6 Å². The SMILES string of the molecule is N#Cc1ccc(Nc2nc3c(c(=O)[nH]2)CN(Cc2ccccc2)CC3)cc1. The van der Waals surface area contributed by atoms with E-state index in [1.807, 2.05) is 18.2 Å². The molecule has 0 fully saturated rings. The number of nitrogens with zero attached hydrogens (tertiary/aromatic N) is 3. The van der Waals surface area contributed by atoms with E-state index in [4.69, 9.17) is 5.26 Å². The zero-order valence-electron chi connectivity index (χ0n) is 14.8. The van der Waals surface area contributed by atoms with Crippen molar-refractivity contribution in [3.63, 3.8) is 0 Å². The van der Waals surface area contributed by atoms with E-state index >= 15 is 0 Å². The van der Waals surface area contributed by atoms with E-state index < -0.39 is 0 Å². The Bertz CT molecular complexity index is 1030. The zero-order valence-corrected chi connectivity index (χ0v) is 14.8. The van der Waals surface area contributed by atoms with Gasteiger partial charge in [0.1, 0.15) is 0 Å². The molecular formula is C21H19N5O. The largest absolute Gasteiger partial charge is 0.326 e. The second-order valence-corrected chi connectivity index (χ2v) is 6.60. The standard InChI is InChI=1S/C21H19N5O/c22-12-15-6-8-17(9-7-15)23-21-24-19-10-11-26(14-18(19)20(27)25-21)13-16-4-2-1-3-5-16/h1-9H,10-11,13-14H2,(H2,23,24,25,27). The van der Waals surface area contributed by atoms with Crippen LogP contribution in [0.4, 0.5) is 11.6 Å². The van der Waals surface area contributed by atoms with Crippen molar-refractivity contribution in [3.8, 4) is 6.07 Å². The second-order valence-electron chi connectivity index (χ2n) is 6.60. The Hall–Kier alpha value is -3.43. The number of anilines is 2. The summed E-state index contributed by atoms with van der Waals surface area (Å²) in [6.45, 7) is 2.29. The quantitative estimate of drug-likeness (QED) is 0.750. The van der Waals surface area contributed by atoms with E-state index in [0.29, 0.717) is 18.1 Å². The lowest BCUT2D eigenvalue weighted by atomic mass is 10.1. The minimum Gasteiger partial charge on any atom is -0.326 e. The van der Waals surface area contributed by atoms with Gasteiger partial charge in [-0.1, -0.05) is 30.3 Å². The van der Waals surface area contributed by atoms with Gasteiger partial charge in [-0.25, -0.2) is 4.98 Å². The van der Waals surface area contributed by atoms with Crippen molar-refractivity contribution in [2.75, 3.05) is 11.9 Å². The van der Waals surface area contributed by atoms with Gasteiger partial charge < -0.3 is 5.32 Å². The number of rotatable bonds is 4. The normalized spacial score (nSPS) is 13.6. The number of hydrogen-bond donors (Lipinski definition) is 2. The first-order chi connectivity index (χ1) is 13.2. The predicted octanol–water partition coefficient (Wildman–Crippen LogP) is 2.94. The van der Waals surface area contributed by atoms with Gasteiger partial charge in [-0.2, -0.15) is 5.26 Å². The number of H-pyrrole nitrogens is 1. The number of aromatic amines is 1. The van der Waals surface area contributed by atoms with E-state index in [2.05, 4.69) is 38.4 Å².